The quantitative estimate of drug-likeness (QED) is 0.434. The van der Waals surface area contributed by atoms with E-state index >= 15 is 0 Å². The summed E-state index contributed by atoms with van der Waals surface area (Å²) in [6, 6.07) is 0. The van der Waals surface area contributed by atoms with Gasteiger partial charge >= 0.3 is 0 Å². The summed E-state index contributed by atoms with van der Waals surface area (Å²) in [6.45, 7) is 10.4. The predicted molar refractivity (Wildman–Crippen MR) is 47.3 cm³/mol. The van der Waals surface area contributed by atoms with Gasteiger partial charge in [-0.2, -0.15) is 0 Å². The average molecular weight is 153 g/mol. The van der Waals surface area contributed by atoms with Crippen molar-refractivity contribution in [2.24, 2.45) is 0 Å². The monoisotopic (exact) mass is 153 g/mol. The van der Waals surface area contributed by atoms with Gasteiger partial charge in [0, 0.05) is 13.1 Å². The molecular formula is C9H15NO. The van der Waals surface area contributed by atoms with Crippen molar-refractivity contribution in [3.05, 3.63) is 25.3 Å². The molecule has 0 rings (SSSR count). The molecule has 0 aliphatic carbocycles. The van der Waals surface area contributed by atoms with Gasteiger partial charge in [-0.15, -0.1) is 6.58 Å². The molecule has 0 aliphatic heterocycles. The minimum absolute atomic E-state index is 0.0215. The second-order valence-electron chi connectivity index (χ2n) is 2.28. The first-order valence-electron chi connectivity index (χ1n) is 3.78. The molecule has 0 spiro atoms. The number of rotatable bonds is 5. The SMILES string of the molecule is C=CCN(CCC)C(=O)C=C. The normalized spacial score (nSPS) is 8.82. The predicted octanol–water partition coefficient (Wildman–Crippen LogP) is 1.60. The fourth-order valence-electron chi connectivity index (χ4n) is 0.846. The van der Waals surface area contributed by atoms with Crippen LogP contribution in [0.4, 0.5) is 0 Å². The van der Waals surface area contributed by atoms with Crippen molar-refractivity contribution in [1.82, 2.24) is 4.90 Å². The van der Waals surface area contributed by atoms with Gasteiger partial charge in [-0.25, -0.2) is 0 Å². The Hall–Kier alpha value is -1.05. The van der Waals surface area contributed by atoms with Crippen LogP contribution in [0.5, 0.6) is 0 Å². The zero-order valence-electron chi connectivity index (χ0n) is 7.05. The highest BCUT2D eigenvalue weighted by molar-refractivity contribution is 5.87. The molecule has 11 heavy (non-hydrogen) atoms. The third-order valence-electron chi connectivity index (χ3n) is 1.33. The first kappa shape index (κ1) is 9.95. The van der Waals surface area contributed by atoms with Gasteiger partial charge in [-0.1, -0.05) is 19.6 Å². The minimum atomic E-state index is -0.0215. The zero-order valence-corrected chi connectivity index (χ0v) is 7.05. The summed E-state index contributed by atoms with van der Waals surface area (Å²) in [7, 11) is 0. The van der Waals surface area contributed by atoms with Crippen molar-refractivity contribution < 1.29 is 4.79 Å². The molecule has 2 heteroatoms. The highest BCUT2D eigenvalue weighted by atomic mass is 16.2. The average Bonchev–Trinajstić information content (AvgIpc) is 2.03. The van der Waals surface area contributed by atoms with Crippen LogP contribution in [0.1, 0.15) is 13.3 Å². The Morgan fingerprint density at radius 1 is 1.55 bits per heavy atom. The standard InChI is InChI=1S/C9H15NO/c1-4-7-10(8-5-2)9(11)6-3/h4,6H,1,3,5,7-8H2,2H3. The van der Waals surface area contributed by atoms with Crippen molar-refractivity contribution >= 4 is 5.91 Å². The lowest BCUT2D eigenvalue weighted by Gasteiger charge is -2.17. The topological polar surface area (TPSA) is 20.3 Å². The van der Waals surface area contributed by atoms with E-state index in [9.17, 15) is 4.79 Å². The van der Waals surface area contributed by atoms with Gasteiger partial charge in [-0.05, 0) is 12.5 Å². The van der Waals surface area contributed by atoms with E-state index < -0.39 is 0 Å². The van der Waals surface area contributed by atoms with E-state index in [-0.39, 0.29) is 5.91 Å². The molecular weight excluding hydrogens is 138 g/mol. The number of carbonyl (C=O) groups is 1. The van der Waals surface area contributed by atoms with Gasteiger partial charge in [0.2, 0.25) is 5.91 Å². The van der Waals surface area contributed by atoms with Crippen LogP contribution in [0.3, 0.4) is 0 Å². The van der Waals surface area contributed by atoms with E-state index in [1.54, 1.807) is 11.0 Å². The lowest BCUT2D eigenvalue weighted by molar-refractivity contribution is -0.125. The van der Waals surface area contributed by atoms with Crippen LogP contribution in [0.15, 0.2) is 25.3 Å². The maximum Gasteiger partial charge on any atom is 0.246 e. The molecule has 0 aromatic rings. The number of amides is 1. The smallest absolute Gasteiger partial charge is 0.246 e. The zero-order chi connectivity index (χ0) is 8.69. The third-order valence-corrected chi connectivity index (χ3v) is 1.33. The molecule has 0 aromatic carbocycles. The third kappa shape index (κ3) is 3.61. The molecule has 62 valence electrons. The molecule has 0 radical (unpaired) electrons. The molecule has 0 bridgehead atoms. The fourth-order valence-corrected chi connectivity index (χ4v) is 0.846. The van der Waals surface area contributed by atoms with E-state index in [0.29, 0.717) is 6.54 Å². The summed E-state index contributed by atoms with van der Waals surface area (Å²) in [5.41, 5.74) is 0. The van der Waals surface area contributed by atoms with Gasteiger partial charge < -0.3 is 4.90 Å². The van der Waals surface area contributed by atoms with Crippen LogP contribution in [0.2, 0.25) is 0 Å². The molecule has 0 unspecified atom stereocenters. The first-order valence-corrected chi connectivity index (χ1v) is 3.78. The Bertz CT molecular complexity index is 152. The summed E-state index contributed by atoms with van der Waals surface area (Å²) in [5, 5.41) is 0. The van der Waals surface area contributed by atoms with Crippen LogP contribution in [-0.2, 0) is 4.79 Å². The highest BCUT2D eigenvalue weighted by Crippen LogP contribution is 1.93. The molecule has 1 amide bonds. The van der Waals surface area contributed by atoms with Crippen molar-refractivity contribution in [1.29, 1.82) is 0 Å². The molecule has 0 aromatic heterocycles. The highest BCUT2D eigenvalue weighted by Gasteiger charge is 2.04. The summed E-state index contributed by atoms with van der Waals surface area (Å²) in [6.07, 6.45) is 4.02. The van der Waals surface area contributed by atoms with Crippen molar-refractivity contribution in [3.63, 3.8) is 0 Å². The van der Waals surface area contributed by atoms with E-state index in [1.165, 1.54) is 6.08 Å². The van der Waals surface area contributed by atoms with E-state index in [2.05, 4.69) is 13.2 Å². The molecule has 0 heterocycles. The summed E-state index contributed by atoms with van der Waals surface area (Å²) in [5.74, 6) is -0.0215. The van der Waals surface area contributed by atoms with Crippen LogP contribution in [0, 0.1) is 0 Å². The van der Waals surface area contributed by atoms with Crippen molar-refractivity contribution in [2.45, 2.75) is 13.3 Å². The number of nitrogens with zero attached hydrogens (tertiary/aromatic N) is 1. The van der Waals surface area contributed by atoms with E-state index in [4.69, 9.17) is 0 Å². The Morgan fingerprint density at radius 2 is 2.18 bits per heavy atom. The van der Waals surface area contributed by atoms with Crippen molar-refractivity contribution in [3.8, 4) is 0 Å². The van der Waals surface area contributed by atoms with Crippen molar-refractivity contribution in [2.75, 3.05) is 13.1 Å². The van der Waals surface area contributed by atoms with Gasteiger partial charge in [-0.3, -0.25) is 4.79 Å². The molecule has 0 aliphatic rings. The molecule has 2 nitrogen and oxygen atoms in total. The number of hydrogen-bond acceptors (Lipinski definition) is 1. The molecule has 0 fully saturated rings. The summed E-state index contributed by atoms with van der Waals surface area (Å²) < 4.78 is 0. The Balaban J connectivity index is 3.95. The van der Waals surface area contributed by atoms with E-state index in [1.807, 2.05) is 6.92 Å². The molecule has 0 N–H and O–H groups in total. The van der Waals surface area contributed by atoms with Gasteiger partial charge in [0.15, 0.2) is 0 Å². The Labute approximate surface area is 68.2 Å². The van der Waals surface area contributed by atoms with Crippen LogP contribution in [-0.4, -0.2) is 23.9 Å². The van der Waals surface area contributed by atoms with Gasteiger partial charge in [0.05, 0.1) is 0 Å². The first-order chi connectivity index (χ1) is 5.26. The summed E-state index contributed by atoms with van der Waals surface area (Å²) in [4.78, 5) is 12.8. The van der Waals surface area contributed by atoms with Crippen LogP contribution >= 0.6 is 0 Å². The maximum absolute atomic E-state index is 11.1. The van der Waals surface area contributed by atoms with Crippen LogP contribution in [0.25, 0.3) is 0 Å². The maximum atomic E-state index is 11.1. The fraction of sp³-hybridized carbons (Fsp3) is 0.444. The summed E-state index contributed by atoms with van der Waals surface area (Å²) >= 11 is 0. The molecule has 0 saturated carbocycles. The lowest BCUT2D eigenvalue weighted by atomic mass is 10.3. The number of hydrogen-bond donors (Lipinski definition) is 0. The molecule has 0 atom stereocenters. The Morgan fingerprint density at radius 3 is 2.55 bits per heavy atom. The second-order valence-corrected chi connectivity index (χ2v) is 2.28. The second kappa shape index (κ2) is 5.71. The van der Waals surface area contributed by atoms with Gasteiger partial charge in [0.1, 0.15) is 0 Å². The molecule has 0 saturated heterocycles. The van der Waals surface area contributed by atoms with Crippen LogP contribution < -0.4 is 0 Å². The largest absolute Gasteiger partial charge is 0.335 e. The number of carbonyl (C=O) groups excluding carboxylic acids is 1. The van der Waals surface area contributed by atoms with E-state index in [0.717, 1.165) is 13.0 Å². The minimum Gasteiger partial charge on any atom is -0.335 e. The lowest BCUT2D eigenvalue weighted by Crippen LogP contribution is -2.30. The Kier molecular flexibility index (Phi) is 5.17. The van der Waals surface area contributed by atoms with Gasteiger partial charge in [0.25, 0.3) is 0 Å².